The Kier molecular flexibility index (Phi) is 30.0. The Morgan fingerprint density at radius 3 is 1.39 bits per heavy atom. The van der Waals surface area contributed by atoms with Gasteiger partial charge in [0.2, 0.25) is 17.7 Å². The zero-order valence-electron chi connectivity index (χ0n) is 27.4. The SMILES string of the molecule is CC(=O)CCCNC(=O)COCCOCCNC(=O)CCCNC(=O)CCCCCCCCCCCCCCCCC(=O)O. The molecule has 0 aliphatic carbocycles. The molecule has 0 rings (SSSR count). The van der Waals surface area contributed by atoms with Crippen molar-refractivity contribution in [1.82, 2.24) is 16.0 Å². The molecule has 0 radical (unpaired) electrons. The summed E-state index contributed by atoms with van der Waals surface area (Å²) in [5.74, 6) is -0.841. The largest absolute Gasteiger partial charge is 0.481 e. The van der Waals surface area contributed by atoms with E-state index in [2.05, 4.69) is 16.0 Å². The molecule has 0 saturated heterocycles. The predicted octanol–water partition coefficient (Wildman–Crippen LogP) is 4.84. The molecule has 3 amide bonds. The van der Waals surface area contributed by atoms with Crippen molar-refractivity contribution in [2.24, 2.45) is 0 Å². The molecule has 0 aliphatic rings. The maximum atomic E-state index is 12.0. The minimum atomic E-state index is -0.691. The van der Waals surface area contributed by atoms with E-state index in [4.69, 9.17) is 14.6 Å². The highest BCUT2D eigenvalue weighted by molar-refractivity contribution is 5.78. The molecule has 0 unspecified atom stereocenters. The van der Waals surface area contributed by atoms with Gasteiger partial charge < -0.3 is 35.3 Å². The highest BCUT2D eigenvalue weighted by Crippen LogP contribution is 2.13. The first-order valence-corrected chi connectivity index (χ1v) is 17.0. The third-order valence-electron chi connectivity index (χ3n) is 7.15. The molecule has 0 atom stereocenters. The summed E-state index contributed by atoms with van der Waals surface area (Å²) in [4.78, 5) is 56.8. The average Bonchev–Trinajstić information content (AvgIpc) is 2.98. The Morgan fingerprint density at radius 2 is 0.864 bits per heavy atom. The number of ether oxygens (including phenoxy) is 2. The van der Waals surface area contributed by atoms with Gasteiger partial charge >= 0.3 is 5.97 Å². The topological polar surface area (TPSA) is 160 Å². The van der Waals surface area contributed by atoms with Crippen LogP contribution in [0.4, 0.5) is 0 Å². The summed E-state index contributed by atoms with van der Waals surface area (Å²) in [7, 11) is 0. The van der Waals surface area contributed by atoms with Crippen LogP contribution in [0.5, 0.6) is 0 Å². The number of hydrogen-bond donors (Lipinski definition) is 4. The van der Waals surface area contributed by atoms with Crippen molar-refractivity contribution in [3.05, 3.63) is 0 Å². The molecule has 0 aromatic heterocycles. The Hall–Kier alpha value is -2.53. The highest BCUT2D eigenvalue weighted by Gasteiger charge is 2.05. The number of hydrogen-bond acceptors (Lipinski definition) is 7. The number of nitrogens with one attached hydrogen (secondary N) is 3. The minimum Gasteiger partial charge on any atom is -0.481 e. The van der Waals surface area contributed by atoms with Gasteiger partial charge in [-0.15, -0.1) is 0 Å². The summed E-state index contributed by atoms with van der Waals surface area (Å²) >= 11 is 0. The maximum absolute atomic E-state index is 12.0. The van der Waals surface area contributed by atoms with Crippen molar-refractivity contribution >= 4 is 29.5 Å². The van der Waals surface area contributed by atoms with Crippen LogP contribution in [0.3, 0.4) is 0 Å². The standard InChI is InChI=1S/C33H61N3O8/c1-29(37)18-16-22-35-32(40)28-44-27-26-43-25-24-36-31(39)20-17-23-34-30(38)19-14-12-10-8-6-4-2-3-5-7-9-11-13-15-21-33(41)42/h2-28H2,1H3,(H,34,38)(H,35,40)(H,36,39)(H,41,42). The first-order chi connectivity index (χ1) is 21.3. The zero-order valence-corrected chi connectivity index (χ0v) is 27.4. The van der Waals surface area contributed by atoms with Gasteiger partial charge in [0.15, 0.2) is 0 Å². The van der Waals surface area contributed by atoms with E-state index < -0.39 is 5.97 Å². The fourth-order valence-corrected chi connectivity index (χ4v) is 4.60. The van der Waals surface area contributed by atoms with E-state index in [9.17, 15) is 24.0 Å². The fraction of sp³-hybridized carbons (Fsp3) is 0.848. The number of aliphatic carboxylic acids is 1. The second kappa shape index (κ2) is 31.9. The molecule has 0 heterocycles. The number of ketones is 1. The van der Waals surface area contributed by atoms with Crippen molar-refractivity contribution in [2.75, 3.05) is 46.1 Å². The number of unbranched alkanes of at least 4 members (excludes halogenated alkanes) is 13. The molecule has 4 N–H and O–H groups in total. The van der Waals surface area contributed by atoms with Gasteiger partial charge in [0, 0.05) is 45.3 Å². The lowest BCUT2D eigenvalue weighted by molar-refractivity contribution is -0.137. The van der Waals surface area contributed by atoms with Crippen LogP contribution in [-0.2, 0) is 33.4 Å². The van der Waals surface area contributed by atoms with Gasteiger partial charge in [-0.25, -0.2) is 0 Å². The van der Waals surface area contributed by atoms with E-state index in [1.807, 2.05) is 0 Å². The van der Waals surface area contributed by atoms with Crippen LogP contribution >= 0.6 is 0 Å². The lowest BCUT2D eigenvalue weighted by Gasteiger charge is -2.08. The van der Waals surface area contributed by atoms with E-state index in [1.165, 1.54) is 64.7 Å². The second-order valence-electron chi connectivity index (χ2n) is 11.5. The van der Waals surface area contributed by atoms with Gasteiger partial charge in [-0.3, -0.25) is 19.2 Å². The second-order valence-corrected chi connectivity index (χ2v) is 11.5. The van der Waals surface area contributed by atoms with Crippen molar-refractivity contribution in [2.45, 2.75) is 135 Å². The van der Waals surface area contributed by atoms with Crippen molar-refractivity contribution in [3.63, 3.8) is 0 Å². The van der Waals surface area contributed by atoms with E-state index in [-0.39, 0.29) is 36.7 Å². The van der Waals surface area contributed by atoms with Crippen LogP contribution in [-0.4, -0.2) is 80.6 Å². The molecule has 0 spiro atoms. The van der Waals surface area contributed by atoms with Crippen LogP contribution in [0.25, 0.3) is 0 Å². The summed E-state index contributed by atoms with van der Waals surface area (Å²) in [6.07, 6.45) is 19.1. The third-order valence-corrected chi connectivity index (χ3v) is 7.15. The Bertz CT molecular complexity index is 763. The average molecular weight is 628 g/mol. The first kappa shape index (κ1) is 41.5. The van der Waals surface area contributed by atoms with E-state index >= 15 is 0 Å². The lowest BCUT2D eigenvalue weighted by Crippen LogP contribution is -2.30. The molecule has 0 bridgehead atoms. The monoisotopic (exact) mass is 627 g/mol. The summed E-state index contributed by atoms with van der Waals surface area (Å²) in [5, 5.41) is 17.0. The number of carbonyl (C=O) groups excluding carboxylic acids is 4. The van der Waals surface area contributed by atoms with Gasteiger partial charge in [0.1, 0.15) is 12.4 Å². The lowest BCUT2D eigenvalue weighted by atomic mass is 10.0. The van der Waals surface area contributed by atoms with Crippen LogP contribution < -0.4 is 16.0 Å². The molecule has 11 nitrogen and oxygen atoms in total. The van der Waals surface area contributed by atoms with Crippen LogP contribution in [0, 0.1) is 0 Å². The van der Waals surface area contributed by atoms with Crippen molar-refractivity contribution in [1.29, 1.82) is 0 Å². The van der Waals surface area contributed by atoms with Crippen LogP contribution in [0.15, 0.2) is 0 Å². The summed E-state index contributed by atoms with van der Waals surface area (Å²) in [6.45, 7) is 3.75. The Morgan fingerprint density at radius 1 is 0.455 bits per heavy atom. The number of rotatable bonds is 33. The molecule has 0 aromatic rings. The third kappa shape index (κ3) is 34.0. The number of amides is 3. The minimum absolute atomic E-state index is 0.0494. The zero-order chi connectivity index (χ0) is 32.5. The molecule has 256 valence electrons. The van der Waals surface area contributed by atoms with E-state index in [0.29, 0.717) is 71.4 Å². The molecule has 0 fully saturated rings. The summed E-state index contributed by atoms with van der Waals surface area (Å²) < 4.78 is 10.6. The predicted molar refractivity (Wildman–Crippen MR) is 171 cm³/mol. The van der Waals surface area contributed by atoms with Gasteiger partial charge in [-0.1, -0.05) is 77.0 Å². The smallest absolute Gasteiger partial charge is 0.303 e. The fourth-order valence-electron chi connectivity index (χ4n) is 4.60. The molecule has 11 heteroatoms. The number of Topliss-reactive ketones (excluding diaryl/α,β-unsaturated/α-hetero) is 1. The Labute approximate surface area is 265 Å². The molecule has 0 aromatic carbocycles. The van der Waals surface area contributed by atoms with Gasteiger partial charge in [0.25, 0.3) is 0 Å². The van der Waals surface area contributed by atoms with Crippen molar-refractivity contribution in [3.8, 4) is 0 Å². The van der Waals surface area contributed by atoms with Crippen LogP contribution in [0.1, 0.15) is 135 Å². The number of carboxylic acids is 1. The number of carboxylic acid groups (broad SMARTS) is 1. The van der Waals surface area contributed by atoms with Gasteiger partial charge in [-0.05, 0) is 32.6 Å². The summed E-state index contributed by atoms with van der Waals surface area (Å²) in [5.41, 5.74) is 0. The molecular weight excluding hydrogens is 566 g/mol. The highest BCUT2D eigenvalue weighted by atomic mass is 16.5. The van der Waals surface area contributed by atoms with Gasteiger partial charge in [0.05, 0.1) is 19.8 Å². The van der Waals surface area contributed by atoms with E-state index in [0.717, 1.165) is 32.1 Å². The first-order valence-electron chi connectivity index (χ1n) is 17.0. The van der Waals surface area contributed by atoms with Gasteiger partial charge in [-0.2, -0.15) is 0 Å². The Balaban J connectivity index is 3.34. The van der Waals surface area contributed by atoms with E-state index in [1.54, 1.807) is 0 Å². The molecule has 0 saturated carbocycles. The number of carbonyl (C=O) groups is 5. The quantitative estimate of drug-likeness (QED) is 0.0752. The molecule has 0 aliphatic heterocycles. The molecule has 44 heavy (non-hydrogen) atoms. The van der Waals surface area contributed by atoms with Crippen molar-refractivity contribution < 1.29 is 38.6 Å². The van der Waals surface area contributed by atoms with Crippen LogP contribution in [0.2, 0.25) is 0 Å². The molecular formula is C33H61N3O8. The maximum Gasteiger partial charge on any atom is 0.303 e. The summed E-state index contributed by atoms with van der Waals surface area (Å²) in [6, 6.07) is 0. The normalized spacial score (nSPS) is 10.8.